The van der Waals surface area contributed by atoms with Gasteiger partial charge in [0.15, 0.2) is 0 Å². The van der Waals surface area contributed by atoms with Crippen molar-refractivity contribution in [3.8, 4) is 0 Å². The molecule has 1 atom stereocenters. The zero-order valence-corrected chi connectivity index (χ0v) is 11.8. The number of hydrogen-bond donors (Lipinski definition) is 1. The predicted molar refractivity (Wildman–Crippen MR) is 77.8 cm³/mol. The van der Waals surface area contributed by atoms with Crippen LogP contribution in [0.3, 0.4) is 0 Å². The summed E-state index contributed by atoms with van der Waals surface area (Å²) in [4.78, 5) is 2.55. The smallest absolute Gasteiger partial charge is 0.0234 e. The molecule has 1 N–H and O–H groups in total. The van der Waals surface area contributed by atoms with Crippen LogP contribution in [-0.4, -0.2) is 30.6 Å². The summed E-state index contributed by atoms with van der Waals surface area (Å²) < 4.78 is 0. The fourth-order valence-electron chi connectivity index (χ4n) is 2.67. The molecule has 1 fully saturated rings. The predicted octanol–water partition coefficient (Wildman–Crippen LogP) is 2.82. The molecule has 1 aliphatic heterocycles. The molecule has 100 valence electrons. The Morgan fingerprint density at radius 2 is 1.89 bits per heavy atom. The molecular weight excluding hydrogens is 220 g/mol. The zero-order chi connectivity index (χ0) is 12.8. The van der Waals surface area contributed by atoms with Crippen molar-refractivity contribution in [1.29, 1.82) is 0 Å². The molecule has 18 heavy (non-hydrogen) atoms. The normalized spacial score (nSPS) is 19.6. The Kier molecular flexibility index (Phi) is 5.21. The monoisotopic (exact) mass is 246 g/mol. The van der Waals surface area contributed by atoms with Crippen LogP contribution in [0.15, 0.2) is 24.3 Å². The van der Waals surface area contributed by atoms with Gasteiger partial charge in [0.05, 0.1) is 0 Å². The molecule has 1 heterocycles. The van der Waals surface area contributed by atoms with Gasteiger partial charge < -0.3 is 5.32 Å². The Labute approximate surface area is 111 Å². The third-order valence-corrected chi connectivity index (χ3v) is 3.93. The molecule has 0 amide bonds. The molecule has 0 spiro atoms. The lowest BCUT2D eigenvalue weighted by atomic mass is 10.1. The zero-order valence-electron chi connectivity index (χ0n) is 11.8. The summed E-state index contributed by atoms with van der Waals surface area (Å²) in [5.41, 5.74) is 2.87. The minimum Gasteiger partial charge on any atom is -0.313 e. The lowest BCUT2D eigenvalue weighted by Crippen LogP contribution is -2.37. The van der Waals surface area contributed by atoms with E-state index in [-0.39, 0.29) is 0 Å². The van der Waals surface area contributed by atoms with Gasteiger partial charge in [0.2, 0.25) is 0 Å². The van der Waals surface area contributed by atoms with Crippen molar-refractivity contribution in [3.05, 3.63) is 35.4 Å². The third kappa shape index (κ3) is 3.82. The van der Waals surface area contributed by atoms with E-state index >= 15 is 0 Å². The van der Waals surface area contributed by atoms with Gasteiger partial charge in [-0.05, 0) is 43.5 Å². The molecule has 0 aliphatic carbocycles. The number of hydrogen-bond acceptors (Lipinski definition) is 2. The van der Waals surface area contributed by atoms with E-state index in [1.54, 1.807) is 0 Å². The number of likely N-dealkylation sites (N-methyl/N-ethyl adjacent to an activating group) is 1. The number of rotatable bonds is 6. The highest BCUT2D eigenvalue weighted by Gasteiger charge is 2.16. The van der Waals surface area contributed by atoms with Crippen LogP contribution in [0.4, 0.5) is 0 Å². The summed E-state index contributed by atoms with van der Waals surface area (Å²) in [6, 6.07) is 9.79. The maximum Gasteiger partial charge on any atom is 0.0234 e. The standard InChI is InChI=1S/C16H26N2/c1-3-14-7-9-15(10-8-14)12-18(4-2)13-16-6-5-11-17-16/h7-10,16-17H,3-6,11-13H2,1-2H3. The molecule has 1 aromatic rings. The van der Waals surface area contributed by atoms with E-state index in [1.165, 1.54) is 37.1 Å². The Hall–Kier alpha value is -0.860. The van der Waals surface area contributed by atoms with E-state index < -0.39 is 0 Å². The van der Waals surface area contributed by atoms with Crippen molar-refractivity contribution < 1.29 is 0 Å². The van der Waals surface area contributed by atoms with Gasteiger partial charge in [0.25, 0.3) is 0 Å². The van der Waals surface area contributed by atoms with Gasteiger partial charge in [-0.15, -0.1) is 0 Å². The van der Waals surface area contributed by atoms with Crippen molar-refractivity contribution in [2.45, 2.75) is 45.7 Å². The molecule has 0 aromatic heterocycles. The van der Waals surface area contributed by atoms with Gasteiger partial charge in [-0.25, -0.2) is 0 Å². The maximum atomic E-state index is 3.58. The van der Waals surface area contributed by atoms with E-state index in [4.69, 9.17) is 0 Å². The van der Waals surface area contributed by atoms with E-state index in [0.717, 1.165) is 19.5 Å². The molecular formula is C16H26N2. The Morgan fingerprint density at radius 1 is 1.17 bits per heavy atom. The molecule has 2 rings (SSSR count). The van der Waals surface area contributed by atoms with E-state index in [0.29, 0.717) is 6.04 Å². The first-order chi connectivity index (χ1) is 8.81. The first-order valence-electron chi connectivity index (χ1n) is 7.35. The van der Waals surface area contributed by atoms with Gasteiger partial charge in [0.1, 0.15) is 0 Å². The van der Waals surface area contributed by atoms with E-state index in [1.807, 2.05) is 0 Å². The summed E-state index contributed by atoms with van der Waals surface area (Å²) in [5, 5.41) is 3.58. The van der Waals surface area contributed by atoms with Crippen LogP contribution in [0.5, 0.6) is 0 Å². The number of nitrogens with one attached hydrogen (secondary N) is 1. The van der Waals surface area contributed by atoms with Gasteiger partial charge in [-0.1, -0.05) is 38.1 Å². The average Bonchev–Trinajstić information content (AvgIpc) is 2.91. The fourth-order valence-corrected chi connectivity index (χ4v) is 2.67. The number of aryl methyl sites for hydroxylation is 1. The van der Waals surface area contributed by atoms with Crippen LogP contribution in [-0.2, 0) is 13.0 Å². The Bertz CT molecular complexity index is 339. The molecule has 2 nitrogen and oxygen atoms in total. The molecule has 0 saturated carbocycles. The highest BCUT2D eigenvalue weighted by Crippen LogP contribution is 2.11. The molecule has 0 bridgehead atoms. The van der Waals surface area contributed by atoms with Crippen LogP contribution in [0.1, 0.15) is 37.8 Å². The minimum absolute atomic E-state index is 0.708. The molecule has 1 aromatic carbocycles. The fraction of sp³-hybridized carbons (Fsp3) is 0.625. The van der Waals surface area contributed by atoms with Gasteiger partial charge in [-0.3, -0.25) is 4.90 Å². The first-order valence-corrected chi connectivity index (χ1v) is 7.35. The van der Waals surface area contributed by atoms with Crippen molar-refractivity contribution in [1.82, 2.24) is 10.2 Å². The van der Waals surface area contributed by atoms with Crippen LogP contribution >= 0.6 is 0 Å². The lowest BCUT2D eigenvalue weighted by molar-refractivity contribution is 0.253. The van der Waals surface area contributed by atoms with Crippen LogP contribution in [0.25, 0.3) is 0 Å². The SMILES string of the molecule is CCc1ccc(CN(CC)CC2CCCN2)cc1. The van der Waals surface area contributed by atoms with Gasteiger partial charge in [-0.2, -0.15) is 0 Å². The first kappa shape index (κ1) is 13.6. The summed E-state index contributed by atoms with van der Waals surface area (Å²) in [7, 11) is 0. The highest BCUT2D eigenvalue weighted by atomic mass is 15.1. The second-order valence-corrected chi connectivity index (χ2v) is 5.29. The van der Waals surface area contributed by atoms with Crippen LogP contribution < -0.4 is 5.32 Å². The van der Waals surface area contributed by atoms with Crippen LogP contribution in [0, 0.1) is 0 Å². The van der Waals surface area contributed by atoms with Crippen LogP contribution in [0.2, 0.25) is 0 Å². The molecule has 1 aliphatic rings. The summed E-state index contributed by atoms with van der Waals surface area (Å²) in [6.07, 6.45) is 3.81. The lowest BCUT2D eigenvalue weighted by Gasteiger charge is -2.24. The number of benzene rings is 1. The van der Waals surface area contributed by atoms with Gasteiger partial charge in [0, 0.05) is 19.1 Å². The largest absolute Gasteiger partial charge is 0.313 e. The molecule has 1 unspecified atom stereocenters. The van der Waals surface area contributed by atoms with Crippen molar-refractivity contribution in [2.75, 3.05) is 19.6 Å². The molecule has 2 heteroatoms. The Balaban J connectivity index is 1.87. The second kappa shape index (κ2) is 6.91. The second-order valence-electron chi connectivity index (χ2n) is 5.29. The average molecular weight is 246 g/mol. The van der Waals surface area contributed by atoms with E-state index in [9.17, 15) is 0 Å². The highest BCUT2D eigenvalue weighted by molar-refractivity contribution is 5.22. The summed E-state index contributed by atoms with van der Waals surface area (Å²) in [5.74, 6) is 0. The topological polar surface area (TPSA) is 15.3 Å². The van der Waals surface area contributed by atoms with E-state index in [2.05, 4.69) is 48.3 Å². The Morgan fingerprint density at radius 3 is 2.44 bits per heavy atom. The summed E-state index contributed by atoms with van der Waals surface area (Å²) in [6.45, 7) is 9.07. The molecule has 1 saturated heterocycles. The number of nitrogens with zero attached hydrogens (tertiary/aromatic N) is 1. The third-order valence-electron chi connectivity index (χ3n) is 3.93. The quantitative estimate of drug-likeness (QED) is 0.830. The van der Waals surface area contributed by atoms with Gasteiger partial charge >= 0.3 is 0 Å². The minimum atomic E-state index is 0.708. The molecule has 0 radical (unpaired) electrons. The maximum absolute atomic E-state index is 3.58. The van der Waals surface area contributed by atoms with Crippen molar-refractivity contribution >= 4 is 0 Å². The summed E-state index contributed by atoms with van der Waals surface area (Å²) >= 11 is 0. The van der Waals surface area contributed by atoms with Crippen molar-refractivity contribution in [3.63, 3.8) is 0 Å². The van der Waals surface area contributed by atoms with Crippen molar-refractivity contribution in [2.24, 2.45) is 0 Å².